The van der Waals surface area contributed by atoms with Gasteiger partial charge in [-0.1, -0.05) is 13.8 Å². The SMILES string of the molecule is CCNC(CCc1cnn(C)c1)C1SCCSC1CC. The predicted molar refractivity (Wildman–Crippen MR) is 91.8 cm³/mol. The second-order valence-electron chi connectivity index (χ2n) is 5.38. The summed E-state index contributed by atoms with van der Waals surface area (Å²) in [7, 11) is 1.99. The first-order valence-corrected chi connectivity index (χ1v) is 9.78. The fraction of sp³-hybridized carbons (Fsp3) is 0.800. The van der Waals surface area contributed by atoms with Gasteiger partial charge in [0.05, 0.1) is 6.20 Å². The number of hydrogen-bond donors (Lipinski definition) is 1. The summed E-state index contributed by atoms with van der Waals surface area (Å²) in [6.07, 6.45) is 7.78. The van der Waals surface area contributed by atoms with Gasteiger partial charge in [-0.2, -0.15) is 28.6 Å². The number of nitrogens with zero attached hydrogens (tertiary/aromatic N) is 2. The van der Waals surface area contributed by atoms with E-state index < -0.39 is 0 Å². The van der Waals surface area contributed by atoms with E-state index in [9.17, 15) is 0 Å². The van der Waals surface area contributed by atoms with Crippen LogP contribution in [0.4, 0.5) is 0 Å². The van der Waals surface area contributed by atoms with Crippen molar-refractivity contribution in [2.75, 3.05) is 18.1 Å². The first-order chi connectivity index (χ1) is 9.74. The smallest absolute Gasteiger partial charge is 0.0521 e. The highest BCUT2D eigenvalue weighted by Crippen LogP contribution is 2.36. The zero-order chi connectivity index (χ0) is 14.4. The van der Waals surface area contributed by atoms with Crippen molar-refractivity contribution >= 4 is 23.5 Å². The van der Waals surface area contributed by atoms with Crippen LogP contribution in [0.3, 0.4) is 0 Å². The Morgan fingerprint density at radius 2 is 2.20 bits per heavy atom. The topological polar surface area (TPSA) is 29.9 Å². The predicted octanol–water partition coefficient (Wildman–Crippen LogP) is 2.96. The molecular formula is C15H27N3S2. The summed E-state index contributed by atoms with van der Waals surface area (Å²) >= 11 is 4.35. The van der Waals surface area contributed by atoms with E-state index in [1.54, 1.807) is 0 Å². The van der Waals surface area contributed by atoms with Gasteiger partial charge in [-0.05, 0) is 31.4 Å². The van der Waals surface area contributed by atoms with Gasteiger partial charge in [-0.15, -0.1) is 0 Å². The van der Waals surface area contributed by atoms with Gasteiger partial charge in [0.15, 0.2) is 0 Å². The highest BCUT2D eigenvalue weighted by molar-refractivity contribution is 8.07. The van der Waals surface area contributed by atoms with Crippen molar-refractivity contribution in [3.63, 3.8) is 0 Å². The van der Waals surface area contributed by atoms with Crippen LogP contribution in [0.2, 0.25) is 0 Å². The number of thioether (sulfide) groups is 2. The van der Waals surface area contributed by atoms with Crippen molar-refractivity contribution in [2.45, 2.75) is 49.7 Å². The maximum atomic E-state index is 4.27. The minimum atomic E-state index is 0.628. The highest BCUT2D eigenvalue weighted by atomic mass is 32.2. The van der Waals surface area contributed by atoms with Gasteiger partial charge >= 0.3 is 0 Å². The second kappa shape index (κ2) is 8.35. The zero-order valence-electron chi connectivity index (χ0n) is 12.8. The van der Waals surface area contributed by atoms with Gasteiger partial charge in [0.2, 0.25) is 0 Å². The molecule has 0 spiro atoms. The van der Waals surface area contributed by atoms with Crippen LogP contribution in [0.5, 0.6) is 0 Å². The fourth-order valence-electron chi connectivity index (χ4n) is 2.88. The molecule has 3 unspecified atom stereocenters. The van der Waals surface area contributed by atoms with Crippen molar-refractivity contribution in [3.8, 4) is 0 Å². The van der Waals surface area contributed by atoms with Gasteiger partial charge in [0.1, 0.15) is 0 Å². The molecule has 1 saturated heterocycles. The number of aryl methyl sites for hydroxylation is 2. The molecule has 1 aromatic rings. The molecule has 3 atom stereocenters. The fourth-order valence-corrected chi connectivity index (χ4v) is 6.18. The van der Waals surface area contributed by atoms with Crippen LogP contribution in [0.1, 0.15) is 32.3 Å². The van der Waals surface area contributed by atoms with Crippen molar-refractivity contribution in [3.05, 3.63) is 18.0 Å². The Morgan fingerprint density at radius 1 is 1.40 bits per heavy atom. The average molecular weight is 314 g/mol. The molecule has 2 rings (SSSR count). The van der Waals surface area contributed by atoms with E-state index >= 15 is 0 Å². The lowest BCUT2D eigenvalue weighted by atomic mass is 10.0. The van der Waals surface area contributed by atoms with Crippen LogP contribution in [-0.2, 0) is 13.5 Å². The van der Waals surface area contributed by atoms with Gasteiger partial charge in [0.25, 0.3) is 0 Å². The van der Waals surface area contributed by atoms with Gasteiger partial charge in [-0.25, -0.2) is 0 Å². The van der Waals surface area contributed by atoms with E-state index in [1.165, 1.54) is 29.9 Å². The van der Waals surface area contributed by atoms with Crippen molar-refractivity contribution in [1.29, 1.82) is 0 Å². The number of rotatable bonds is 7. The van der Waals surface area contributed by atoms with Crippen molar-refractivity contribution in [2.24, 2.45) is 7.05 Å². The van der Waals surface area contributed by atoms with Crippen LogP contribution in [-0.4, -0.2) is 44.4 Å². The summed E-state index contributed by atoms with van der Waals surface area (Å²) in [5.74, 6) is 2.63. The van der Waals surface area contributed by atoms with E-state index in [0.717, 1.165) is 23.5 Å². The minimum Gasteiger partial charge on any atom is -0.313 e. The Hall–Kier alpha value is -0.130. The Balaban J connectivity index is 1.94. The summed E-state index contributed by atoms with van der Waals surface area (Å²) in [6.45, 7) is 5.62. The molecule has 0 aromatic carbocycles. The Bertz CT molecular complexity index is 394. The normalized spacial score (nSPS) is 24.8. The Labute approximate surface area is 131 Å². The first kappa shape index (κ1) is 16.2. The van der Waals surface area contributed by atoms with Gasteiger partial charge in [0, 0.05) is 41.3 Å². The molecule has 20 heavy (non-hydrogen) atoms. The zero-order valence-corrected chi connectivity index (χ0v) is 14.5. The molecule has 3 nitrogen and oxygen atoms in total. The molecule has 2 heterocycles. The van der Waals surface area contributed by atoms with Crippen molar-refractivity contribution < 1.29 is 0 Å². The van der Waals surface area contributed by atoms with E-state index in [4.69, 9.17) is 0 Å². The third-order valence-corrected chi connectivity index (χ3v) is 7.27. The lowest BCUT2D eigenvalue weighted by Gasteiger charge is -2.36. The van der Waals surface area contributed by atoms with Crippen LogP contribution >= 0.6 is 23.5 Å². The largest absolute Gasteiger partial charge is 0.313 e. The lowest BCUT2D eigenvalue weighted by Crippen LogP contribution is -2.45. The summed E-state index contributed by atoms with van der Waals surface area (Å²) in [5.41, 5.74) is 1.36. The van der Waals surface area contributed by atoms with Crippen LogP contribution in [0.15, 0.2) is 12.4 Å². The Morgan fingerprint density at radius 3 is 2.85 bits per heavy atom. The Kier molecular flexibility index (Phi) is 6.78. The number of hydrogen-bond acceptors (Lipinski definition) is 4. The molecule has 114 valence electrons. The average Bonchev–Trinajstić information content (AvgIpc) is 2.89. The maximum Gasteiger partial charge on any atom is 0.0521 e. The maximum absolute atomic E-state index is 4.27. The molecule has 5 heteroatoms. The first-order valence-electron chi connectivity index (χ1n) is 7.68. The van der Waals surface area contributed by atoms with Crippen LogP contribution in [0.25, 0.3) is 0 Å². The summed E-state index contributed by atoms with van der Waals surface area (Å²) in [4.78, 5) is 0. The lowest BCUT2D eigenvalue weighted by molar-refractivity contribution is 0.464. The molecule has 1 fully saturated rings. The highest BCUT2D eigenvalue weighted by Gasteiger charge is 2.31. The van der Waals surface area contributed by atoms with Crippen molar-refractivity contribution in [1.82, 2.24) is 15.1 Å². The van der Waals surface area contributed by atoms with Gasteiger partial charge < -0.3 is 5.32 Å². The molecule has 0 aliphatic carbocycles. The van der Waals surface area contributed by atoms with E-state index in [-0.39, 0.29) is 0 Å². The molecular weight excluding hydrogens is 286 g/mol. The molecule has 1 aliphatic heterocycles. The van der Waals surface area contributed by atoms with E-state index in [1.807, 2.05) is 17.9 Å². The monoisotopic (exact) mass is 313 g/mol. The number of nitrogens with one attached hydrogen (secondary N) is 1. The molecule has 0 bridgehead atoms. The van der Waals surface area contributed by atoms with E-state index in [2.05, 4.69) is 54.0 Å². The molecule has 1 aliphatic rings. The molecule has 0 radical (unpaired) electrons. The van der Waals surface area contributed by atoms with E-state index in [0.29, 0.717) is 6.04 Å². The summed E-state index contributed by atoms with van der Waals surface area (Å²) < 4.78 is 1.90. The van der Waals surface area contributed by atoms with Crippen LogP contribution < -0.4 is 5.32 Å². The third kappa shape index (κ3) is 4.43. The van der Waals surface area contributed by atoms with Gasteiger partial charge in [-0.3, -0.25) is 4.68 Å². The second-order valence-corrected chi connectivity index (χ2v) is 8.01. The molecule has 0 saturated carbocycles. The molecule has 1 N–H and O–H groups in total. The standard InChI is InChI=1S/C15H27N3S2/c1-4-14-15(20-9-8-19-14)13(16-5-2)7-6-12-10-17-18(3)11-12/h10-11,13-16H,4-9H2,1-3H3. The quantitative estimate of drug-likeness (QED) is 0.838. The summed E-state index contributed by atoms with van der Waals surface area (Å²) in [6, 6.07) is 0.628. The molecule has 0 amide bonds. The number of aromatic nitrogens is 2. The van der Waals surface area contributed by atoms with Crippen LogP contribution in [0, 0.1) is 0 Å². The molecule has 1 aromatic heterocycles. The third-order valence-electron chi connectivity index (χ3n) is 3.86. The minimum absolute atomic E-state index is 0.628. The summed E-state index contributed by atoms with van der Waals surface area (Å²) in [5, 5.41) is 9.57.